The summed E-state index contributed by atoms with van der Waals surface area (Å²) in [5, 5.41) is 3.59. The number of rotatable bonds is 3. The van der Waals surface area contributed by atoms with Crippen molar-refractivity contribution >= 4 is 11.3 Å². The van der Waals surface area contributed by atoms with Crippen molar-refractivity contribution in [2.45, 2.75) is 52.2 Å². The zero-order valence-electron chi connectivity index (χ0n) is 11.4. The van der Waals surface area contributed by atoms with Crippen molar-refractivity contribution in [3.8, 4) is 0 Å². The van der Waals surface area contributed by atoms with Gasteiger partial charge < -0.3 is 5.32 Å². The highest BCUT2D eigenvalue weighted by Gasteiger charge is 2.25. The minimum absolute atomic E-state index is 0.562. The molecular weight excluding hydrogens is 228 g/mol. The van der Waals surface area contributed by atoms with Gasteiger partial charge in [-0.1, -0.05) is 6.92 Å². The van der Waals surface area contributed by atoms with Gasteiger partial charge in [-0.25, -0.2) is 0 Å². The van der Waals surface area contributed by atoms with E-state index in [1.165, 1.54) is 9.75 Å². The first kappa shape index (κ1) is 13.1. The summed E-state index contributed by atoms with van der Waals surface area (Å²) < 4.78 is 0. The lowest BCUT2D eigenvalue weighted by Gasteiger charge is -2.39. The van der Waals surface area contributed by atoms with Crippen LogP contribution in [0.3, 0.4) is 0 Å². The molecule has 2 rings (SSSR count). The highest BCUT2D eigenvalue weighted by atomic mass is 32.1. The van der Waals surface area contributed by atoms with Gasteiger partial charge in [0, 0.05) is 41.0 Å². The van der Waals surface area contributed by atoms with Gasteiger partial charge in [0.25, 0.3) is 0 Å². The summed E-state index contributed by atoms with van der Waals surface area (Å²) >= 11 is 1.98. The fourth-order valence-corrected chi connectivity index (χ4v) is 3.71. The standard InChI is InChI=1S/C14H24N2S/c1-5-13-6-7-14(17-13)12(4)16-8-10(2)15-11(3)9-16/h6-7,10-12,15H,5,8-9H2,1-4H3. The quantitative estimate of drug-likeness (QED) is 0.889. The molecule has 2 nitrogen and oxygen atoms in total. The Balaban J connectivity index is 2.05. The van der Waals surface area contributed by atoms with Gasteiger partial charge in [0.05, 0.1) is 0 Å². The molecule has 1 aliphatic rings. The van der Waals surface area contributed by atoms with E-state index in [2.05, 4.69) is 50.0 Å². The number of nitrogens with zero attached hydrogens (tertiary/aromatic N) is 1. The van der Waals surface area contributed by atoms with Crippen LogP contribution in [0.5, 0.6) is 0 Å². The van der Waals surface area contributed by atoms with Crippen molar-refractivity contribution in [1.82, 2.24) is 10.2 Å². The van der Waals surface area contributed by atoms with Crippen molar-refractivity contribution < 1.29 is 0 Å². The lowest BCUT2D eigenvalue weighted by molar-refractivity contribution is 0.133. The molecule has 0 radical (unpaired) electrons. The summed E-state index contributed by atoms with van der Waals surface area (Å²) in [7, 11) is 0. The maximum absolute atomic E-state index is 3.59. The minimum atomic E-state index is 0.562. The Hall–Kier alpha value is -0.380. The molecule has 0 spiro atoms. The van der Waals surface area contributed by atoms with E-state index in [0.29, 0.717) is 18.1 Å². The van der Waals surface area contributed by atoms with Crippen molar-refractivity contribution in [1.29, 1.82) is 0 Å². The molecule has 1 fully saturated rings. The lowest BCUT2D eigenvalue weighted by Crippen LogP contribution is -2.54. The summed E-state index contributed by atoms with van der Waals surface area (Å²) in [4.78, 5) is 5.63. The molecule has 0 aliphatic carbocycles. The Kier molecular flexibility index (Phi) is 4.23. The maximum Gasteiger partial charge on any atom is 0.0414 e. The van der Waals surface area contributed by atoms with E-state index in [0.717, 1.165) is 19.5 Å². The van der Waals surface area contributed by atoms with Gasteiger partial charge in [0.1, 0.15) is 0 Å². The lowest BCUT2D eigenvalue weighted by atomic mass is 10.1. The summed E-state index contributed by atoms with van der Waals surface area (Å²) in [5.74, 6) is 0. The minimum Gasteiger partial charge on any atom is -0.309 e. The molecule has 3 heteroatoms. The number of hydrogen-bond donors (Lipinski definition) is 1. The van der Waals surface area contributed by atoms with Gasteiger partial charge in [-0.3, -0.25) is 4.90 Å². The number of piperazine rings is 1. The van der Waals surface area contributed by atoms with Gasteiger partial charge in [-0.05, 0) is 39.3 Å². The number of nitrogens with one attached hydrogen (secondary N) is 1. The van der Waals surface area contributed by atoms with Gasteiger partial charge in [0.15, 0.2) is 0 Å². The van der Waals surface area contributed by atoms with Crippen LogP contribution in [0.15, 0.2) is 12.1 Å². The monoisotopic (exact) mass is 252 g/mol. The van der Waals surface area contributed by atoms with E-state index in [-0.39, 0.29) is 0 Å². The fraction of sp³-hybridized carbons (Fsp3) is 0.714. The Morgan fingerprint density at radius 3 is 2.53 bits per heavy atom. The molecule has 1 saturated heterocycles. The fourth-order valence-electron chi connectivity index (χ4n) is 2.67. The molecular formula is C14H24N2S. The zero-order chi connectivity index (χ0) is 12.4. The largest absolute Gasteiger partial charge is 0.309 e. The average Bonchev–Trinajstić information content (AvgIpc) is 2.75. The van der Waals surface area contributed by atoms with Crippen LogP contribution in [0.25, 0.3) is 0 Å². The summed E-state index contributed by atoms with van der Waals surface area (Å²) in [6.45, 7) is 11.4. The first-order valence-corrected chi connectivity index (χ1v) is 7.50. The third-order valence-corrected chi connectivity index (χ3v) is 4.98. The molecule has 1 aromatic rings. The first-order chi connectivity index (χ1) is 8.10. The molecule has 0 saturated carbocycles. The van der Waals surface area contributed by atoms with Gasteiger partial charge in [0.2, 0.25) is 0 Å². The molecule has 1 aliphatic heterocycles. The maximum atomic E-state index is 3.59. The zero-order valence-corrected chi connectivity index (χ0v) is 12.2. The smallest absolute Gasteiger partial charge is 0.0414 e. The molecule has 96 valence electrons. The van der Waals surface area contributed by atoms with Gasteiger partial charge in [-0.2, -0.15) is 0 Å². The van der Waals surface area contributed by atoms with Gasteiger partial charge >= 0.3 is 0 Å². The first-order valence-electron chi connectivity index (χ1n) is 6.68. The van der Waals surface area contributed by atoms with E-state index < -0.39 is 0 Å². The van der Waals surface area contributed by atoms with Crippen LogP contribution in [-0.2, 0) is 6.42 Å². The highest BCUT2D eigenvalue weighted by Crippen LogP contribution is 2.29. The normalized spacial score (nSPS) is 28.2. The average molecular weight is 252 g/mol. The molecule has 2 heterocycles. The van der Waals surface area contributed by atoms with Crippen LogP contribution in [0, 0.1) is 0 Å². The Labute approximate surface area is 109 Å². The van der Waals surface area contributed by atoms with Crippen molar-refractivity contribution in [2.24, 2.45) is 0 Å². The van der Waals surface area contributed by atoms with Crippen LogP contribution in [-0.4, -0.2) is 30.1 Å². The molecule has 1 aromatic heterocycles. The number of aryl methyl sites for hydroxylation is 1. The molecule has 3 atom stereocenters. The third kappa shape index (κ3) is 3.09. The molecule has 17 heavy (non-hydrogen) atoms. The van der Waals surface area contributed by atoms with Crippen LogP contribution in [0.1, 0.15) is 43.5 Å². The van der Waals surface area contributed by atoms with E-state index in [4.69, 9.17) is 0 Å². The molecule has 0 aromatic carbocycles. The second-order valence-corrected chi connectivity index (χ2v) is 6.46. The number of hydrogen-bond acceptors (Lipinski definition) is 3. The predicted octanol–water partition coefficient (Wildman–Crippen LogP) is 3.05. The van der Waals surface area contributed by atoms with E-state index in [9.17, 15) is 0 Å². The number of thiophene rings is 1. The molecule has 0 bridgehead atoms. The van der Waals surface area contributed by atoms with Crippen molar-refractivity contribution in [3.05, 3.63) is 21.9 Å². The van der Waals surface area contributed by atoms with E-state index >= 15 is 0 Å². The Bertz CT molecular complexity index is 351. The molecule has 0 amide bonds. The van der Waals surface area contributed by atoms with Crippen LogP contribution in [0.2, 0.25) is 0 Å². The topological polar surface area (TPSA) is 15.3 Å². The van der Waals surface area contributed by atoms with Crippen molar-refractivity contribution in [2.75, 3.05) is 13.1 Å². The van der Waals surface area contributed by atoms with Crippen LogP contribution >= 0.6 is 11.3 Å². The summed E-state index contributed by atoms with van der Waals surface area (Å²) in [6.07, 6.45) is 1.16. The van der Waals surface area contributed by atoms with Gasteiger partial charge in [-0.15, -0.1) is 11.3 Å². The SMILES string of the molecule is CCc1ccc(C(C)N2CC(C)NC(C)C2)s1. The second kappa shape index (κ2) is 5.51. The molecule has 3 unspecified atom stereocenters. The predicted molar refractivity (Wildman–Crippen MR) is 75.7 cm³/mol. The summed E-state index contributed by atoms with van der Waals surface area (Å²) in [6, 6.07) is 6.36. The summed E-state index contributed by atoms with van der Waals surface area (Å²) in [5.41, 5.74) is 0. The second-order valence-electron chi connectivity index (χ2n) is 5.26. The van der Waals surface area contributed by atoms with Crippen LogP contribution < -0.4 is 5.32 Å². The van der Waals surface area contributed by atoms with Crippen molar-refractivity contribution in [3.63, 3.8) is 0 Å². The van der Waals surface area contributed by atoms with E-state index in [1.54, 1.807) is 0 Å². The third-order valence-electron chi connectivity index (χ3n) is 3.58. The highest BCUT2D eigenvalue weighted by molar-refractivity contribution is 7.12. The Morgan fingerprint density at radius 2 is 2.00 bits per heavy atom. The Morgan fingerprint density at radius 1 is 1.35 bits per heavy atom. The van der Waals surface area contributed by atoms with E-state index in [1.807, 2.05) is 11.3 Å². The molecule has 1 N–H and O–H groups in total. The van der Waals surface area contributed by atoms with Crippen LogP contribution in [0.4, 0.5) is 0 Å².